The lowest BCUT2D eigenvalue weighted by Gasteiger charge is -2.17. The number of halogens is 1. The van der Waals surface area contributed by atoms with Gasteiger partial charge in [0.25, 0.3) is 0 Å². The van der Waals surface area contributed by atoms with Crippen LogP contribution in [0.25, 0.3) is 0 Å². The Bertz CT molecular complexity index is 550. The predicted molar refractivity (Wildman–Crippen MR) is 72.7 cm³/mol. The van der Waals surface area contributed by atoms with Crippen LogP contribution < -0.4 is 5.73 Å². The second-order valence-corrected chi connectivity index (χ2v) is 4.76. The first-order chi connectivity index (χ1) is 9.10. The molecule has 0 radical (unpaired) electrons. The molecule has 0 fully saturated rings. The molecule has 4 nitrogen and oxygen atoms in total. The molecule has 102 valence electrons. The SMILES string of the molecule is CN(Cc1ccc(F)c(CN)c1)Cc1nccn1C. The molecule has 19 heavy (non-hydrogen) atoms. The van der Waals surface area contributed by atoms with Crippen LogP contribution in [0.15, 0.2) is 30.6 Å². The number of aryl methyl sites for hydroxylation is 1. The summed E-state index contributed by atoms with van der Waals surface area (Å²) in [5.41, 5.74) is 7.13. The molecule has 1 heterocycles. The molecule has 0 spiro atoms. The number of imidazole rings is 1. The van der Waals surface area contributed by atoms with E-state index in [4.69, 9.17) is 5.73 Å². The molecule has 2 aromatic rings. The topological polar surface area (TPSA) is 47.1 Å². The Kier molecular flexibility index (Phi) is 4.29. The largest absolute Gasteiger partial charge is 0.337 e. The maximum absolute atomic E-state index is 13.4. The van der Waals surface area contributed by atoms with E-state index in [0.29, 0.717) is 5.56 Å². The minimum Gasteiger partial charge on any atom is -0.337 e. The number of nitrogens with two attached hydrogens (primary N) is 1. The van der Waals surface area contributed by atoms with Gasteiger partial charge in [0.2, 0.25) is 0 Å². The zero-order chi connectivity index (χ0) is 13.8. The molecule has 0 aliphatic heterocycles. The first-order valence-corrected chi connectivity index (χ1v) is 6.22. The van der Waals surface area contributed by atoms with Gasteiger partial charge < -0.3 is 10.3 Å². The van der Waals surface area contributed by atoms with Crippen molar-refractivity contribution in [1.29, 1.82) is 0 Å². The van der Waals surface area contributed by atoms with E-state index in [9.17, 15) is 4.39 Å². The summed E-state index contributed by atoms with van der Waals surface area (Å²) in [6.07, 6.45) is 3.71. The van der Waals surface area contributed by atoms with Crippen molar-refractivity contribution < 1.29 is 4.39 Å². The van der Waals surface area contributed by atoms with Gasteiger partial charge in [-0.2, -0.15) is 0 Å². The summed E-state index contributed by atoms with van der Waals surface area (Å²) >= 11 is 0. The number of hydrogen-bond acceptors (Lipinski definition) is 3. The molecule has 1 aromatic heterocycles. The van der Waals surface area contributed by atoms with E-state index in [1.807, 2.05) is 30.9 Å². The van der Waals surface area contributed by atoms with Crippen molar-refractivity contribution in [2.75, 3.05) is 7.05 Å². The van der Waals surface area contributed by atoms with Crippen LogP contribution in [0.3, 0.4) is 0 Å². The third-order valence-electron chi connectivity index (χ3n) is 3.11. The van der Waals surface area contributed by atoms with Gasteiger partial charge in [-0.15, -0.1) is 0 Å². The smallest absolute Gasteiger partial charge is 0.127 e. The Balaban J connectivity index is 2.02. The Morgan fingerprint density at radius 1 is 1.37 bits per heavy atom. The van der Waals surface area contributed by atoms with E-state index in [-0.39, 0.29) is 12.4 Å². The number of rotatable bonds is 5. The standard InChI is InChI=1S/C14H19FN4/c1-18(10-14-17-5-6-19(14)2)9-11-3-4-13(15)12(7-11)8-16/h3-7H,8-10,16H2,1-2H3. The average molecular weight is 262 g/mol. The minimum atomic E-state index is -0.238. The van der Waals surface area contributed by atoms with Gasteiger partial charge >= 0.3 is 0 Å². The van der Waals surface area contributed by atoms with Crippen molar-refractivity contribution >= 4 is 0 Å². The lowest BCUT2D eigenvalue weighted by Crippen LogP contribution is -2.19. The molecule has 0 bridgehead atoms. The van der Waals surface area contributed by atoms with Gasteiger partial charge in [-0.25, -0.2) is 9.37 Å². The molecule has 1 aromatic carbocycles. The second-order valence-electron chi connectivity index (χ2n) is 4.76. The zero-order valence-electron chi connectivity index (χ0n) is 11.3. The van der Waals surface area contributed by atoms with Crippen LogP contribution in [0.4, 0.5) is 4.39 Å². The van der Waals surface area contributed by atoms with Crippen LogP contribution in [0, 0.1) is 5.82 Å². The fraction of sp³-hybridized carbons (Fsp3) is 0.357. The van der Waals surface area contributed by atoms with Crippen molar-refractivity contribution in [2.45, 2.75) is 19.6 Å². The van der Waals surface area contributed by atoms with E-state index in [0.717, 1.165) is 24.5 Å². The Labute approximate surface area is 112 Å². The van der Waals surface area contributed by atoms with Gasteiger partial charge in [-0.3, -0.25) is 4.90 Å². The molecule has 0 aliphatic carbocycles. The van der Waals surface area contributed by atoms with E-state index < -0.39 is 0 Å². The van der Waals surface area contributed by atoms with E-state index in [1.54, 1.807) is 12.3 Å². The number of aromatic nitrogens is 2. The first-order valence-electron chi connectivity index (χ1n) is 6.22. The van der Waals surface area contributed by atoms with Crippen molar-refractivity contribution in [3.8, 4) is 0 Å². The maximum atomic E-state index is 13.4. The molecule has 0 amide bonds. The van der Waals surface area contributed by atoms with Gasteiger partial charge in [0, 0.05) is 38.1 Å². The average Bonchev–Trinajstić information content (AvgIpc) is 2.77. The summed E-state index contributed by atoms with van der Waals surface area (Å²) in [7, 11) is 3.99. The third-order valence-corrected chi connectivity index (χ3v) is 3.11. The van der Waals surface area contributed by atoms with Gasteiger partial charge in [-0.05, 0) is 18.7 Å². The van der Waals surface area contributed by atoms with Gasteiger partial charge in [0.1, 0.15) is 11.6 Å². The van der Waals surface area contributed by atoms with Gasteiger partial charge in [-0.1, -0.05) is 12.1 Å². The molecule has 0 aliphatic rings. The van der Waals surface area contributed by atoms with Crippen LogP contribution in [0.2, 0.25) is 0 Å². The molecule has 5 heteroatoms. The molecule has 0 atom stereocenters. The summed E-state index contributed by atoms with van der Waals surface area (Å²) < 4.78 is 15.4. The highest BCUT2D eigenvalue weighted by molar-refractivity contribution is 5.25. The molecule has 0 saturated carbocycles. The minimum absolute atomic E-state index is 0.225. The second kappa shape index (κ2) is 5.95. The lowest BCUT2D eigenvalue weighted by atomic mass is 10.1. The third kappa shape index (κ3) is 3.39. The highest BCUT2D eigenvalue weighted by Crippen LogP contribution is 2.12. The number of benzene rings is 1. The van der Waals surface area contributed by atoms with Crippen LogP contribution in [0.1, 0.15) is 17.0 Å². The van der Waals surface area contributed by atoms with E-state index >= 15 is 0 Å². The first kappa shape index (κ1) is 13.7. The predicted octanol–water partition coefficient (Wildman–Crippen LogP) is 1.65. The number of hydrogen-bond donors (Lipinski definition) is 1. The fourth-order valence-electron chi connectivity index (χ4n) is 2.04. The van der Waals surface area contributed by atoms with Crippen LogP contribution in [-0.2, 0) is 26.7 Å². The Morgan fingerprint density at radius 2 is 2.16 bits per heavy atom. The van der Waals surface area contributed by atoms with Crippen molar-refractivity contribution in [3.05, 3.63) is 53.4 Å². The Hall–Kier alpha value is -1.72. The monoisotopic (exact) mass is 262 g/mol. The van der Waals surface area contributed by atoms with Crippen molar-refractivity contribution in [2.24, 2.45) is 12.8 Å². The molecular formula is C14H19FN4. The fourth-order valence-corrected chi connectivity index (χ4v) is 2.04. The molecule has 0 unspecified atom stereocenters. The van der Waals surface area contributed by atoms with Crippen LogP contribution in [-0.4, -0.2) is 21.5 Å². The molecule has 2 N–H and O–H groups in total. The van der Waals surface area contributed by atoms with Crippen molar-refractivity contribution in [1.82, 2.24) is 14.5 Å². The zero-order valence-corrected chi connectivity index (χ0v) is 11.3. The van der Waals surface area contributed by atoms with Crippen LogP contribution >= 0.6 is 0 Å². The quantitative estimate of drug-likeness (QED) is 0.891. The summed E-state index contributed by atoms with van der Waals surface area (Å²) in [6.45, 7) is 1.71. The molecule has 2 rings (SSSR count). The normalized spacial score (nSPS) is 11.2. The summed E-state index contributed by atoms with van der Waals surface area (Å²) in [6, 6.07) is 5.10. The van der Waals surface area contributed by atoms with E-state index in [1.165, 1.54) is 6.07 Å². The lowest BCUT2D eigenvalue weighted by molar-refractivity contribution is 0.307. The highest BCUT2D eigenvalue weighted by atomic mass is 19.1. The van der Waals surface area contributed by atoms with Gasteiger partial charge in [0.05, 0.1) is 6.54 Å². The van der Waals surface area contributed by atoms with Crippen molar-refractivity contribution in [3.63, 3.8) is 0 Å². The summed E-state index contributed by atoms with van der Waals surface area (Å²) in [5.74, 6) is 0.765. The molecular weight excluding hydrogens is 243 g/mol. The highest BCUT2D eigenvalue weighted by Gasteiger charge is 2.07. The van der Waals surface area contributed by atoms with Crippen LogP contribution in [0.5, 0.6) is 0 Å². The molecule has 0 saturated heterocycles. The van der Waals surface area contributed by atoms with Gasteiger partial charge in [0.15, 0.2) is 0 Å². The summed E-state index contributed by atoms with van der Waals surface area (Å²) in [5, 5.41) is 0. The Morgan fingerprint density at radius 3 is 2.79 bits per heavy atom. The number of nitrogens with zero attached hydrogens (tertiary/aromatic N) is 3. The van der Waals surface area contributed by atoms with E-state index in [2.05, 4.69) is 9.88 Å². The summed E-state index contributed by atoms with van der Waals surface area (Å²) in [4.78, 5) is 6.42. The maximum Gasteiger partial charge on any atom is 0.127 e.